The second-order valence-electron chi connectivity index (χ2n) is 5.30. The first-order chi connectivity index (χ1) is 12.1. The van der Waals surface area contributed by atoms with Crippen molar-refractivity contribution in [3.05, 3.63) is 53.8 Å². The van der Waals surface area contributed by atoms with Crippen molar-refractivity contribution in [2.24, 2.45) is 0 Å². The molecule has 0 radical (unpaired) electrons. The first kappa shape index (κ1) is 24.5. The van der Waals surface area contributed by atoms with E-state index in [1.165, 1.54) is 6.07 Å². The minimum absolute atomic E-state index is 0. The van der Waals surface area contributed by atoms with Gasteiger partial charge in [0.15, 0.2) is 11.6 Å². The number of nitrogens with zero attached hydrogens (tertiary/aromatic N) is 1. The third-order valence-corrected chi connectivity index (χ3v) is 3.64. The molecule has 0 aliphatic carbocycles. The lowest BCUT2D eigenvalue weighted by atomic mass is 10.2. The van der Waals surface area contributed by atoms with Gasteiger partial charge in [-0.05, 0) is 50.6 Å². The predicted molar refractivity (Wildman–Crippen MR) is 103 cm³/mol. The van der Waals surface area contributed by atoms with Crippen LogP contribution >= 0.6 is 0 Å². The third kappa shape index (κ3) is 7.81. The second kappa shape index (κ2) is 13.7. The first-order valence-corrected chi connectivity index (χ1v) is 9.00. The SMILES string of the molecule is CC.CCN(CC)c1cccc(OCCOc2ccc(C)cc2F)c1.[I-]. The van der Waals surface area contributed by atoms with Crippen LogP contribution in [0.5, 0.6) is 11.5 Å². The van der Waals surface area contributed by atoms with Crippen molar-refractivity contribution >= 4 is 5.69 Å². The summed E-state index contributed by atoms with van der Waals surface area (Å²) in [6.45, 7) is 12.7. The van der Waals surface area contributed by atoms with Crippen LogP contribution in [0.1, 0.15) is 33.3 Å². The Hall–Kier alpha value is -1.50. The zero-order chi connectivity index (χ0) is 18.7. The number of anilines is 1. The van der Waals surface area contributed by atoms with Crippen LogP contribution in [0, 0.1) is 12.7 Å². The summed E-state index contributed by atoms with van der Waals surface area (Å²) in [7, 11) is 0. The van der Waals surface area contributed by atoms with Crippen molar-refractivity contribution in [2.45, 2.75) is 34.6 Å². The first-order valence-electron chi connectivity index (χ1n) is 9.00. The van der Waals surface area contributed by atoms with Gasteiger partial charge in [-0.3, -0.25) is 0 Å². The van der Waals surface area contributed by atoms with E-state index in [-0.39, 0.29) is 35.5 Å². The van der Waals surface area contributed by atoms with Crippen LogP contribution in [-0.2, 0) is 0 Å². The molecule has 0 aliphatic rings. The van der Waals surface area contributed by atoms with Crippen molar-refractivity contribution in [3.8, 4) is 11.5 Å². The number of aryl methyl sites for hydroxylation is 1. The summed E-state index contributed by atoms with van der Waals surface area (Å²) < 4.78 is 24.8. The quantitative estimate of drug-likeness (QED) is 0.434. The van der Waals surface area contributed by atoms with Gasteiger partial charge in [0, 0.05) is 24.8 Å². The van der Waals surface area contributed by atoms with Crippen LogP contribution in [0.2, 0.25) is 0 Å². The zero-order valence-electron chi connectivity index (χ0n) is 16.4. The molecule has 0 aromatic heterocycles. The Kier molecular flexibility index (Phi) is 12.9. The minimum atomic E-state index is -0.339. The van der Waals surface area contributed by atoms with Gasteiger partial charge in [-0.15, -0.1) is 0 Å². The molecule has 146 valence electrons. The van der Waals surface area contributed by atoms with E-state index < -0.39 is 0 Å². The van der Waals surface area contributed by atoms with Gasteiger partial charge in [-0.25, -0.2) is 4.39 Å². The highest BCUT2D eigenvalue weighted by Gasteiger charge is 2.05. The summed E-state index contributed by atoms with van der Waals surface area (Å²) in [5.41, 5.74) is 2.01. The average Bonchev–Trinajstić information content (AvgIpc) is 2.63. The van der Waals surface area contributed by atoms with Gasteiger partial charge in [0.05, 0.1) is 0 Å². The lowest BCUT2D eigenvalue weighted by Gasteiger charge is -2.21. The number of halogens is 2. The number of benzene rings is 2. The van der Waals surface area contributed by atoms with Crippen molar-refractivity contribution < 1.29 is 37.8 Å². The Morgan fingerprint density at radius 1 is 0.923 bits per heavy atom. The van der Waals surface area contributed by atoms with Gasteiger partial charge in [0.1, 0.15) is 19.0 Å². The molecule has 0 fully saturated rings. The van der Waals surface area contributed by atoms with Crippen molar-refractivity contribution in [3.63, 3.8) is 0 Å². The van der Waals surface area contributed by atoms with Gasteiger partial charge in [0.2, 0.25) is 0 Å². The maximum absolute atomic E-state index is 13.6. The normalized spacial score (nSPS) is 9.46. The molecule has 3 nitrogen and oxygen atoms in total. The van der Waals surface area contributed by atoms with Crippen molar-refractivity contribution in [1.82, 2.24) is 0 Å². The van der Waals surface area contributed by atoms with E-state index >= 15 is 0 Å². The largest absolute Gasteiger partial charge is 1.00 e. The van der Waals surface area contributed by atoms with Gasteiger partial charge in [-0.1, -0.05) is 26.0 Å². The van der Waals surface area contributed by atoms with Crippen molar-refractivity contribution in [2.75, 3.05) is 31.2 Å². The molecule has 0 aliphatic heterocycles. The highest BCUT2D eigenvalue weighted by Crippen LogP contribution is 2.21. The van der Waals surface area contributed by atoms with Gasteiger partial charge >= 0.3 is 0 Å². The van der Waals surface area contributed by atoms with Crippen LogP contribution < -0.4 is 38.4 Å². The maximum Gasteiger partial charge on any atom is 0.165 e. The topological polar surface area (TPSA) is 21.7 Å². The highest BCUT2D eigenvalue weighted by molar-refractivity contribution is 5.50. The zero-order valence-corrected chi connectivity index (χ0v) is 18.5. The molecule has 0 atom stereocenters. The van der Waals surface area contributed by atoms with Gasteiger partial charge in [0.25, 0.3) is 0 Å². The standard InChI is InChI=1S/C19H24FNO2.C2H6.HI/c1-4-21(5-2)16-7-6-8-17(14-16)22-11-12-23-19-10-9-15(3)13-18(19)20;1-2;/h6-10,13-14H,4-5,11-12H2,1-3H3;1-2H3;1H/p-1. The molecule has 26 heavy (non-hydrogen) atoms. The summed E-state index contributed by atoms with van der Waals surface area (Å²) in [6.07, 6.45) is 0. The Balaban J connectivity index is 0.00000201. The Morgan fingerprint density at radius 2 is 1.58 bits per heavy atom. The fourth-order valence-electron chi connectivity index (χ4n) is 2.39. The Morgan fingerprint density at radius 3 is 2.19 bits per heavy atom. The second-order valence-corrected chi connectivity index (χ2v) is 5.30. The smallest absolute Gasteiger partial charge is 0.165 e. The minimum Gasteiger partial charge on any atom is -1.00 e. The monoisotopic (exact) mass is 474 g/mol. The summed E-state index contributed by atoms with van der Waals surface area (Å²) >= 11 is 0. The van der Waals surface area contributed by atoms with Crippen LogP contribution in [0.25, 0.3) is 0 Å². The van der Waals surface area contributed by atoms with E-state index in [4.69, 9.17) is 9.47 Å². The summed E-state index contributed by atoms with van der Waals surface area (Å²) in [5.74, 6) is 0.715. The summed E-state index contributed by atoms with van der Waals surface area (Å²) in [4.78, 5) is 2.25. The fraction of sp³-hybridized carbons (Fsp3) is 0.429. The molecule has 2 aromatic rings. The van der Waals surface area contributed by atoms with Gasteiger partial charge in [-0.2, -0.15) is 0 Å². The molecule has 0 saturated carbocycles. The number of ether oxygens (including phenoxy) is 2. The molecule has 0 spiro atoms. The molecular weight excluding hydrogens is 444 g/mol. The van der Waals surface area contributed by atoms with E-state index in [1.807, 2.05) is 45.0 Å². The van der Waals surface area contributed by atoms with Crippen LogP contribution in [0.3, 0.4) is 0 Å². The fourth-order valence-corrected chi connectivity index (χ4v) is 2.39. The van der Waals surface area contributed by atoms with E-state index in [0.29, 0.717) is 13.2 Å². The molecule has 0 amide bonds. The molecule has 2 rings (SSSR count). The number of hydrogen-bond donors (Lipinski definition) is 0. The average molecular weight is 474 g/mol. The molecule has 2 aromatic carbocycles. The van der Waals surface area contributed by atoms with Crippen LogP contribution in [0.15, 0.2) is 42.5 Å². The van der Waals surface area contributed by atoms with E-state index in [0.717, 1.165) is 30.1 Å². The van der Waals surface area contributed by atoms with E-state index in [1.54, 1.807) is 6.07 Å². The molecule has 0 N–H and O–H groups in total. The molecule has 0 saturated heterocycles. The number of rotatable bonds is 8. The van der Waals surface area contributed by atoms with E-state index in [2.05, 4.69) is 24.8 Å². The van der Waals surface area contributed by atoms with Gasteiger partial charge < -0.3 is 38.4 Å². The van der Waals surface area contributed by atoms with Crippen LogP contribution in [0.4, 0.5) is 10.1 Å². The summed E-state index contributed by atoms with van der Waals surface area (Å²) in [6, 6.07) is 12.9. The predicted octanol–water partition coefficient (Wildman–Crippen LogP) is 2.47. The molecule has 0 unspecified atom stereocenters. The molecular formula is C21H30FINO2-. The molecule has 5 heteroatoms. The summed E-state index contributed by atoms with van der Waals surface area (Å²) in [5, 5.41) is 0. The molecule has 0 bridgehead atoms. The van der Waals surface area contributed by atoms with Crippen LogP contribution in [-0.4, -0.2) is 26.3 Å². The lowest BCUT2D eigenvalue weighted by molar-refractivity contribution is -0.00000661. The lowest BCUT2D eigenvalue weighted by Crippen LogP contribution is -3.00. The Bertz CT molecular complexity index is 633. The third-order valence-electron chi connectivity index (χ3n) is 3.64. The number of hydrogen-bond acceptors (Lipinski definition) is 3. The highest BCUT2D eigenvalue weighted by atomic mass is 127. The van der Waals surface area contributed by atoms with Crippen molar-refractivity contribution in [1.29, 1.82) is 0 Å². The van der Waals surface area contributed by atoms with E-state index in [9.17, 15) is 4.39 Å². The molecule has 0 heterocycles. The maximum atomic E-state index is 13.6. The Labute approximate surface area is 174 Å².